The first kappa shape index (κ1) is 37.6. The number of anilines is 2. The van der Waals surface area contributed by atoms with Crippen molar-refractivity contribution in [2.75, 3.05) is 24.3 Å². The number of rotatable bonds is 15. The van der Waals surface area contributed by atoms with E-state index in [2.05, 4.69) is 25.1 Å². The standard InChI is InChI=1S/C28H32N8O12S2/c1-28(2)22(25(40)36(28)48-50(43,44)45)33-24(39)21(18-13-49-27(30)31-18)34-47-19(26(41)42)12-46-16-7-4-14(5-8-16)15-6-9-20(35(3)10-15)32-23(38)17(29)11-37/h4-10,13,17,19,22,37H,11-12,29H2,1-3H3,(H5,30,31,33,39,41,42,43,44,45)/p+1/b34-21-/t17-,19-,22+/m0/s1. The molecule has 3 aromatic rings. The number of aliphatic hydroxyl groups excluding tert-OH is 1. The lowest BCUT2D eigenvalue weighted by molar-refractivity contribution is -0.656. The van der Waals surface area contributed by atoms with Gasteiger partial charge in [0.25, 0.3) is 23.7 Å². The average Bonchev–Trinajstić information content (AvgIpc) is 3.49. The molecule has 3 amide bonds. The maximum absolute atomic E-state index is 13.2. The van der Waals surface area contributed by atoms with Crippen LogP contribution < -0.4 is 31.4 Å². The molecule has 0 spiro atoms. The number of nitrogen functional groups attached to an aromatic ring is 1. The van der Waals surface area contributed by atoms with Gasteiger partial charge in [-0.25, -0.2) is 24.5 Å². The predicted molar refractivity (Wildman–Crippen MR) is 173 cm³/mol. The summed E-state index contributed by atoms with van der Waals surface area (Å²) in [6.45, 7) is 1.64. The van der Waals surface area contributed by atoms with E-state index in [1.54, 1.807) is 54.2 Å². The predicted octanol–water partition coefficient (Wildman–Crippen LogP) is -1.43. The Morgan fingerprint density at radius 3 is 2.38 bits per heavy atom. The van der Waals surface area contributed by atoms with Gasteiger partial charge in [0.05, 0.1) is 25.4 Å². The highest BCUT2D eigenvalue weighted by Crippen LogP contribution is 2.33. The Labute approximate surface area is 288 Å². The van der Waals surface area contributed by atoms with Crippen molar-refractivity contribution in [1.29, 1.82) is 0 Å². The number of amides is 3. The van der Waals surface area contributed by atoms with Crippen LogP contribution in [0, 0.1) is 0 Å². The number of hydroxylamine groups is 2. The van der Waals surface area contributed by atoms with E-state index in [1.165, 1.54) is 19.2 Å². The lowest BCUT2D eigenvalue weighted by atomic mass is 9.84. The molecule has 0 saturated carbocycles. The number of hydrogen-bond donors (Lipinski definition) is 7. The van der Waals surface area contributed by atoms with Crippen LogP contribution in [-0.4, -0.2) is 99.6 Å². The normalized spacial score (nSPS) is 16.9. The molecule has 2 aromatic heterocycles. The van der Waals surface area contributed by atoms with Crippen LogP contribution in [0.5, 0.6) is 5.75 Å². The molecule has 1 aliphatic heterocycles. The average molecular weight is 738 g/mol. The van der Waals surface area contributed by atoms with Gasteiger partial charge < -0.3 is 36.6 Å². The molecule has 20 nitrogen and oxygen atoms in total. The molecule has 1 fully saturated rings. The summed E-state index contributed by atoms with van der Waals surface area (Å²) in [5.74, 6) is -3.38. The Morgan fingerprint density at radius 2 is 1.84 bits per heavy atom. The summed E-state index contributed by atoms with van der Waals surface area (Å²) in [5, 5.41) is 29.2. The van der Waals surface area contributed by atoms with Crippen molar-refractivity contribution >= 4 is 62.1 Å². The molecule has 268 valence electrons. The Hall–Kier alpha value is -5.26. The van der Waals surface area contributed by atoms with Gasteiger partial charge in [-0.1, -0.05) is 17.3 Å². The van der Waals surface area contributed by atoms with Gasteiger partial charge >= 0.3 is 22.3 Å². The number of nitrogens with zero attached hydrogens (tertiary/aromatic N) is 4. The first-order chi connectivity index (χ1) is 23.4. The number of ether oxygens (including phenoxy) is 1. The van der Waals surface area contributed by atoms with Crippen molar-refractivity contribution in [1.82, 2.24) is 15.4 Å². The van der Waals surface area contributed by atoms with E-state index in [1.807, 2.05) is 0 Å². The van der Waals surface area contributed by atoms with Crippen molar-refractivity contribution in [3.8, 4) is 16.9 Å². The molecular formula is C28H33N8O12S2+. The van der Waals surface area contributed by atoms with Crippen molar-refractivity contribution < 1.29 is 60.8 Å². The number of aliphatic carboxylic acids is 1. The molecule has 0 radical (unpaired) electrons. The number of aromatic nitrogens is 2. The van der Waals surface area contributed by atoms with E-state index in [0.29, 0.717) is 10.9 Å². The maximum atomic E-state index is 13.2. The zero-order chi connectivity index (χ0) is 37.0. The van der Waals surface area contributed by atoms with E-state index in [4.69, 9.17) is 30.7 Å². The molecule has 0 aliphatic carbocycles. The molecule has 4 rings (SSSR count). The SMILES string of the molecule is C[n+]1cc(-c2ccc(OC[C@H](O/N=C(\C(=O)N[C@@H]3C(=O)N(OS(=O)(=O)O)C3(C)C)c3csc(N)n3)C(=O)O)cc2)ccc1NC(=O)[C@@H](N)CO. The Kier molecular flexibility index (Phi) is 11.3. The minimum Gasteiger partial charge on any atom is -0.489 e. The maximum Gasteiger partial charge on any atom is 0.418 e. The van der Waals surface area contributed by atoms with Gasteiger partial charge in [-0.05, 0) is 37.6 Å². The van der Waals surface area contributed by atoms with Crippen molar-refractivity contribution in [2.24, 2.45) is 17.9 Å². The van der Waals surface area contributed by atoms with Gasteiger partial charge in [-0.15, -0.1) is 15.6 Å². The van der Waals surface area contributed by atoms with Crippen LogP contribution in [0.25, 0.3) is 11.1 Å². The molecule has 3 heterocycles. The molecular weight excluding hydrogens is 704 g/mol. The van der Waals surface area contributed by atoms with E-state index >= 15 is 0 Å². The third-order valence-electron chi connectivity index (χ3n) is 7.15. The molecule has 0 unspecified atom stereocenters. The number of oxime groups is 1. The second-order valence-corrected chi connectivity index (χ2v) is 13.1. The lowest BCUT2D eigenvalue weighted by Crippen LogP contribution is -2.76. The van der Waals surface area contributed by atoms with Crippen LogP contribution >= 0.6 is 11.3 Å². The minimum absolute atomic E-state index is 0.0362. The zero-order valence-corrected chi connectivity index (χ0v) is 28.2. The summed E-state index contributed by atoms with van der Waals surface area (Å²) in [6, 6.07) is 7.56. The molecule has 1 aromatic carbocycles. The summed E-state index contributed by atoms with van der Waals surface area (Å²) in [6.07, 6.45) is 0.0200. The van der Waals surface area contributed by atoms with E-state index in [0.717, 1.165) is 22.5 Å². The third-order valence-corrected chi connectivity index (χ3v) is 8.17. The molecule has 3 atom stereocenters. The number of aryl methyl sites for hydroxylation is 1. The van der Waals surface area contributed by atoms with E-state index in [9.17, 15) is 32.7 Å². The van der Waals surface area contributed by atoms with Gasteiger partial charge in [0, 0.05) is 17.0 Å². The number of carbonyl (C=O) groups is 4. The zero-order valence-electron chi connectivity index (χ0n) is 26.5. The van der Waals surface area contributed by atoms with Crippen molar-refractivity contribution in [3.05, 3.63) is 53.7 Å². The number of thiazole rings is 1. The minimum atomic E-state index is -5.04. The second kappa shape index (κ2) is 15.1. The van der Waals surface area contributed by atoms with E-state index in [-0.39, 0.29) is 16.6 Å². The lowest BCUT2D eigenvalue weighted by Gasteiger charge is -2.50. The summed E-state index contributed by atoms with van der Waals surface area (Å²) < 4.78 is 42.7. The van der Waals surface area contributed by atoms with Crippen LogP contribution in [0.4, 0.5) is 10.9 Å². The topological polar surface area (TPSA) is 299 Å². The number of carbonyl (C=O) groups excluding carboxylic acids is 3. The summed E-state index contributed by atoms with van der Waals surface area (Å²) in [5.41, 5.74) is 10.6. The van der Waals surface area contributed by atoms with Gasteiger partial charge in [-0.3, -0.25) is 14.1 Å². The molecule has 9 N–H and O–H groups in total. The number of hydrogen-bond acceptors (Lipinski definition) is 15. The molecule has 1 aliphatic rings. The number of carboxylic acids is 1. The first-order valence-corrected chi connectivity index (χ1v) is 16.6. The van der Waals surface area contributed by atoms with Crippen molar-refractivity contribution in [2.45, 2.75) is 37.6 Å². The fraction of sp³-hybridized carbons (Fsp3) is 0.321. The number of nitrogens with two attached hydrogens (primary N) is 2. The van der Waals surface area contributed by atoms with Crippen LogP contribution in [-0.2, 0) is 45.7 Å². The van der Waals surface area contributed by atoms with Crippen LogP contribution in [0.2, 0.25) is 0 Å². The first-order valence-electron chi connectivity index (χ1n) is 14.3. The fourth-order valence-electron chi connectivity index (χ4n) is 4.41. The number of pyridine rings is 1. The highest BCUT2D eigenvalue weighted by atomic mass is 32.3. The Morgan fingerprint density at radius 1 is 1.18 bits per heavy atom. The van der Waals surface area contributed by atoms with E-state index < -0.39 is 76.7 Å². The van der Waals surface area contributed by atoms with Gasteiger partial charge in [-0.2, -0.15) is 13.5 Å². The number of aliphatic hydroxyl groups is 1. The number of nitrogens with one attached hydrogen (secondary N) is 2. The number of carboxylic acid groups (broad SMARTS) is 1. The highest BCUT2D eigenvalue weighted by molar-refractivity contribution is 7.80. The molecule has 22 heteroatoms. The van der Waals surface area contributed by atoms with Crippen LogP contribution in [0.15, 0.2) is 53.1 Å². The van der Waals surface area contributed by atoms with Crippen LogP contribution in [0.3, 0.4) is 0 Å². The third kappa shape index (κ3) is 8.85. The summed E-state index contributed by atoms with van der Waals surface area (Å²) in [7, 11) is -3.33. The monoisotopic (exact) mass is 737 g/mol. The smallest absolute Gasteiger partial charge is 0.418 e. The quantitative estimate of drug-likeness (QED) is 0.0309. The Balaban J connectivity index is 1.43. The summed E-state index contributed by atoms with van der Waals surface area (Å²) >= 11 is 0.938. The largest absolute Gasteiger partial charge is 0.489 e. The summed E-state index contributed by atoms with van der Waals surface area (Å²) in [4.78, 5) is 58.9. The Bertz CT molecular complexity index is 1920. The number of benzene rings is 1. The highest BCUT2D eigenvalue weighted by Gasteiger charge is 2.58. The van der Waals surface area contributed by atoms with Gasteiger partial charge in [0.15, 0.2) is 10.8 Å². The van der Waals surface area contributed by atoms with Crippen molar-refractivity contribution in [3.63, 3.8) is 0 Å². The molecule has 50 heavy (non-hydrogen) atoms. The van der Waals surface area contributed by atoms with Gasteiger partial charge in [0.1, 0.15) is 30.1 Å². The number of β-lactam (4-membered cyclic amide) rings is 1. The van der Waals surface area contributed by atoms with Gasteiger partial charge in [0.2, 0.25) is 0 Å². The van der Waals surface area contributed by atoms with Crippen LogP contribution in [0.1, 0.15) is 19.5 Å². The molecule has 0 bridgehead atoms. The second-order valence-electron chi connectivity index (χ2n) is 11.2. The fourth-order valence-corrected chi connectivity index (χ4v) is 5.41. The molecule has 1 saturated heterocycles.